The number of aromatic amines is 1. The summed E-state index contributed by atoms with van der Waals surface area (Å²) in [5.41, 5.74) is 0.818. The van der Waals surface area contributed by atoms with Crippen LogP contribution in [0.4, 0.5) is 5.82 Å². The van der Waals surface area contributed by atoms with Crippen molar-refractivity contribution in [2.45, 2.75) is 6.92 Å². The highest BCUT2D eigenvalue weighted by atomic mass is 35.5. The van der Waals surface area contributed by atoms with E-state index in [4.69, 9.17) is 16.3 Å². The van der Waals surface area contributed by atoms with Crippen molar-refractivity contribution >= 4 is 34.7 Å². The third-order valence-corrected chi connectivity index (χ3v) is 3.39. The summed E-state index contributed by atoms with van der Waals surface area (Å²) in [6.07, 6.45) is 0. The smallest absolute Gasteiger partial charge is 0.251 e. The predicted molar refractivity (Wildman–Crippen MR) is 72.0 cm³/mol. The van der Waals surface area contributed by atoms with E-state index in [1.165, 1.54) is 11.3 Å². The normalized spacial score (nSPS) is 10.6. The first-order chi connectivity index (χ1) is 8.69. The molecule has 0 aliphatic rings. The van der Waals surface area contributed by atoms with Gasteiger partial charge in [-0.2, -0.15) is 5.10 Å². The molecule has 0 aliphatic carbocycles. The van der Waals surface area contributed by atoms with Crippen LogP contribution in [0.5, 0.6) is 0 Å². The largest absolute Gasteiger partial charge is 0.372 e. The Labute approximate surface area is 113 Å². The maximum Gasteiger partial charge on any atom is 0.251 e. The zero-order valence-corrected chi connectivity index (χ0v) is 11.3. The second-order valence-corrected chi connectivity index (χ2v) is 5.17. The first kappa shape index (κ1) is 13.1. The maximum absolute atomic E-state index is 11.4. The Hall–Kier alpha value is -1.37. The highest BCUT2D eigenvalue weighted by Crippen LogP contribution is 2.30. The van der Waals surface area contributed by atoms with Crippen LogP contribution in [0, 0.1) is 0 Å². The van der Waals surface area contributed by atoms with E-state index >= 15 is 0 Å². The molecule has 7 heteroatoms. The monoisotopic (exact) mass is 285 g/mol. The second kappa shape index (κ2) is 5.99. The molecule has 0 atom stereocenters. The van der Waals surface area contributed by atoms with Gasteiger partial charge in [-0.1, -0.05) is 11.6 Å². The summed E-state index contributed by atoms with van der Waals surface area (Å²) in [5, 5.41) is 9.48. The van der Waals surface area contributed by atoms with Crippen LogP contribution in [-0.2, 0) is 9.53 Å². The van der Waals surface area contributed by atoms with Crippen LogP contribution in [0.15, 0.2) is 18.2 Å². The van der Waals surface area contributed by atoms with Gasteiger partial charge in [-0.25, -0.2) is 0 Å². The number of hydrogen-bond donors (Lipinski definition) is 2. The van der Waals surface area contributed by atoms with Gasteiger partial charge in [-0.05, 0) is 19.1 Å². The summed E-state index contributed by atoms with van der Waals surface area (Å²) in [4.78, 5) is 12.4. The van der Waals surface area contributed by atoms with E-state index in [1.54, 1.807) is 6.07 Å². The molecule has 0 fully saturated rings. The summed E-state index contributed by atoms with van der Waals surface area (Å²) < 4.78 is 5.71. The number of ether oxygens (including phenoxy) is 1. The van der Waals surface area contributed by atoms with Gasteiger partial charge in [0.05, 0.1) is 14.9 Å². The average molecular weight is 286 g/mol. The van der Waals surface area contributed by atoms with E-state index in [-0.39, 0.29) is 12.5 Å². The molecular formula is C11H12ClN3O2S. The summed E-state index contributed by atoms with van der Waals surface area (Å²) in [6, 6.07) is 5.47. The van der Waals surface area contributed by atoms with Gasteiger partial charge < -0.3 is 10.1 Å². The Bertz CT molecular complexity index is 538. The molecule has 18 heavy (non-hydrogen) atoms. The standard InChI is InChI=1S/C11H12ClN3O2S/c1-2-17-6-11(16)13-10-5-7(14-15-10)8-3-4-9(12)18-8/h3-5H,2,6H2,1H3,(H2,13,14,15,16). The molecular weight excluding hydrogens is 274 g/mol. The zero-order valence-electron chi connectivity index (χ0n) is 9.70. The molecule has 2 aromatic heterocycles. The third-order valence-electron chi connectivity index (χ3n) is 2.12. The summed E-state index contributed by atoms with van der Waals surface area (Å²) in [6.45, 7) is 2.37. The first-order valence-corrected chi connectivity index (χ1v) is 6.57. The number of rotatable bonds is 5. The number of amides is 1. The maximum atomic E-state index is 11.4. The van der Waals surface area contributed by atoms with Crippen LogP contribution < -0.4 is 5.32 Å². The molecule has 0 aromatic carbocycles. The van der Waals surface area contributed by atoms with Crippen LogP contribution in [0.25, 0.3) is 10.6 Å². The fourth-order valence-corrected chi connectivity index (χ4v) is 2.35. The van der Waals surface area contributed by atoms with Gasteiger partial charge in [0.15, 0.2) is 5.82 Å². The Morgan fingerprint density at radius 2 is 2.44 bits per heavy atom. The molecule has 2 heterocycles. The third kappa shape index (κ3) is 3.32. The lowest BCUT2D eigenvalue weighted by Crippen LogP contribution is -2.18. The average Bonchev–Trinajstić information content (AvgIpc) is 2.95. The van der Waals surface area contributed by atoms with Crippen LogP contribution in [0.3, 0.4) is 0 Å². The number of carbonyl (C=O) groups is 1. The molecule has 2 aromatic rings. The fraction of sp³-hybridized carbons (Fsp3) is 0.273. The molecule has 2 N–H and O–H groups in total. The lowest BCUT2D eigenvalue weighted by molar-refractivity contribution is -0.120. The van der Waals surface area contributed by atoms with Crippen molar-refractivity contribution in [3.63, 3.8) is 0 Å². The number of aromatic nitrogens is 2. The minimum Gasteiger partial charge on any atom is -0.372 e. The lowest BCUT2D eigenvalue weighted by atomic mass is 10.3. The van der Waals surface area contributed by atoms with Gasteiger partial charge in [0, 0.05) is 12.7 Å². The van der Waals surface area contributed by atoms with Crippen molar-refractivity contribution in [2.75, 3.05) is 18.5 Å². The Balaban J connectivity index is 2.00. The van der Waals surface area contributed by atoms with Crippen molar-refractivity contribution in [1.29, 1.82) is 0 Å². The SMILES string of the molecule is CCOCC(=O)Nc1cc(-c2ccc(Cl)s2)[nH]n1. The van der Waals surface area contributed by atoms with Crippen molar-refractivity contribution in [1.82, 2.24) is 10.2 Å². The highest BCUT2D eigenvalue weighted by molar-refractivity contribution is 7.19. The number of thiophene rings is 1. The quantitative estimate of drug-likeness (QED) is 0.888. The minimum absolute atomic E-state index is 0.0313. The molecule has 0 saturated heterocycles. The van der Waals surface area contributed by atoms with Crippen LogP contribution >= 0.6 is 22.9 Å². The van der Waals surface area contributed by atoms with E-state index < -0.39 is 0 Å². The van der Waals surface area contributed by atoms with Crippen molar-refractivity contribution in [3.8, 4) is 10.6 Å². The molecule has 1 amide bonds. The van der Waals surface area contributed by atoms with Gasteiger partial charge in [-0.3, -0.25) is 9.89 Å². The fourth-order valence-electron chi connectivity index (χ4n) is 1.34. The van der Waals surface area contributed by atoms with Gasteiger partial charge in [0.25, 0.3) is 5.91 Å². The van der Waals surface area contributed by atoms with Gasteiger partial charge >= 0.3 is 0 Å². The second-order valence-electron chi connectivity index (χ2n) is 3.46. The van der Waals surface area contributed by atoms with E-state index in [0.717, 1.165) is 10.6 Å². The minimum atomic E-state index is -0.223. The number of anilines is 1. The van der Waals surface area contributed by atoms with Gasteiger partial charge in [0.2, 0.25) is 0 Å². The van der Waals surface area contributed by atoms with E-state index in [1.807, 2.05) is 19.1 Å². The molecule has 0 saturated carbocycles. The molecule has 96 valence electrons. The lowest BCUT2D eigenvalue weighted by Gasteiger charge is -2.00. The highest BCUT2D eigenvalue weighted by Gasteiger charge is 2.08. The zero-order chi connectivity index (χ0) is 13.0. The number of nitrogens with zero attached hydrogens (tertiary/aromatic N) is 1. The summed E-state index contributed by atoms with van der Waals surface area (Å²) in [7, 11) is 0. The van der Waals surface area contributed by atoms with Crippen molar-refractivity contribution < 1.29 is 9.53 Å². The van der Waals surface area contributed by atoms with Gasteiger partial charge in [-0.15, -0.1) is 11.3 Å². The topological polar surface area (TPSA) is 67.0 Å². The number of H-pyrrole nitrogens is 1. The molecule has 0 bridgehead atoms. The summed E-state index contributed by atoms with van der Waals surface area (Å²) in [5.74, 6) is 0.248. The first-order valence-electron chi connectivity index (χ1n) is 5.37. The number of nitrogens with one attached hydrogen (secondary N) is 2. The number of carbonyl (C=O) groups excluding carboxylic acids is 1. The van der Waals surface area contributed by atoms with Crippen LogP contribution in [0.1, 0.15) is 6.92 Å². The van der Waals surface area contributed by atoms with Crippen molar-refractivity contribution in [2.24, 2.45) is 0 Å². The molecule has 0 unspecified atom stereocenters. The Morgan fingerprint density at radius 1 is 1.61 bits per heavy atom. The molecule has 0 radical (unpaired) electrons. The van der Waals surface area contributed by atoms with Gasteiger partial charge in [0.1, 0.15) is 6.61 Å². The van der Waals surface area contributed by atoms with E-state index in [0.29, 0.717) is 16.8 Å². The van der Waals surface area contributed by atoms with E-state index in [9.17, 15) is 4.79 Å². The molecule has 0 aliphatic heterocycles. The van der Waals surface area contributed by atoms with Crippen LogP contribution in [-0.4, -0.2) is 29.3 Å². The Kier molecular flexibility index (Phi) is 4.35. The van der Waals surface area contributed by atoms with Crippen molar-refractivity contribution in [3.05, 3.63) is 22.5 Å². The molecule has 0 spiro atoms. The van der Waals surface area contributed by atoms with Crippen LogP contribution in [0.2, 0.25) is 4.34 Å². The predicted octanol–water partition coefficient (Wildman–Crippen LogP) is 2.77. The number of halogens is 1. The molecule has 5 nitrogen and oxygen atoms in total. The molecule has 2 rings (SSSR count). The summed E-state index contributed by atoms with van der Waals surface area (Å²) >= 11 is 7.30. The number of hydrogen-bond acceptors (Lipinski definition) is 4. The Morgan fingerprint density at radius 3 is 3.11 bits per heavy atom. The van der Waals surface area contributed by atoms with E-state index in [2.05, 4.69) is 15.5 Å².